The molecule has 0 bridgehead atoms. The Morgan fingerprint density at radius 2 is 1.94 bits per heavy atom. The number of aryl methyl sites for hydroxylation is 1. The molecule has 32 heavy (non-hydrogen) atoms. The Bertz CT molecular complexity index is 1260. The van der Waals surface area contributed by atoms with E-state index in [9.17, 15) is 27.6 Å². The normalized spacial score (nSPS) is 14.2. The number of nitrogens with zero attached hydrogens (tertiary/aromatic N) is 3. The lowest BCUT2D eigenvalue weighted by Gasteiger charge is -2.14. The van der Waals surface area contributed by atoms with Crippen molar-refractivity contribution in [1.82, 2.24) is 14.5 Å². The predicted octanol–water partition coefficient (Wildman–Crippen LogP) is 3.66. The standard InChI is InChI=1S/C21H19F3N4O3S/c1-12-16-18(32-17(12)20(31)27-7-2-3-8-27)25-11-28(19(16)30)10-15(29)26-14-6-4-5-13(9-14)21(22,23)24/h4-6,9,11H,2-3,7-8,10H2,1H3,(H,26,29). The monoisotopic (exact) mass is 464 g/mol. The number of fused-ring (bicyclic) bond motifs is 1. The molecule has 2 aromatic heterocycles. The van der Waals surface area contributed by atoms with Gasteiger partial charge in [-0.25, -0.2) is 4.98 Å². The van der Waals surface area contributed by atoms with Crippen molar-refractivity contribution >= 4 is 39.1 Å². The number of aromatic nitrogens is 2. The summed E-state index contributed by atoms with van der Waals surface area (Å²) in [5.74, 6) is -0.801. The van der Waals surface area contributed by atoms with Crippen molar-refractivity contribution in [1.29, 1.82) is 0 Å². The Morgan fingerprint density at radius 1 is 1.22 bits per heavy atom. The van der Waals surface area contributed by atoms with Crippen molar-refractivity contribution in [3.8, 4) is 0 Å². The molecule has 0 unspecified atom stereocenters. The fourth-order valence-corrected chi connectivity index (χ4v) is 4.78. The van der Waals surface area contributed by atoms with E-state index in [-0.39, 0.29) is 17.0 Å². The summed E-state index contributed by atoms with van der Waals surface area (Å²) in [6, 6.07) is 4.24. The average molecular weight is 464 g/mol. The molecule has 1 aliphatic rings. The number of benzene rings is 1. The third kappa shape index (κ3) is 4.24. The molecule has 168 valence electrons. The zero-order valence-electron chi connectivity index (χ0n) is 17.0. The maximum Gasteiger partial charge on any atom is 0.416 e. The molecular formula is C21H19F3N4O3S. The van der Waals surface area contributed by atoms with E-state index in [4.69, 9.17) is 0 Å². The van der Waals surface area contributed by atoms with Gasteiger partial charge in [0, 0.05) is 18.8 Å². The van der Waals surface area contributed by atoms with Gasteiger partial charge >= 0.3 is 6.18 Å². The van der Waals surface area contributed by atoms with Gasteiger partial charge < -0.3 is 10.2 Å². The maximum atomic E-state index is 13.0. The Hall–Kier alpha value is -3.21. The minimum Gasteiger partial charge on any atom is -0.338 e. The van der Waals surface area contributed by atoms with E-state index in [2.05, 4.69) is 10.3 Å². The second-order valence-electron chi connectivity index (χ2n) is 7.54. The van der Waals surface area contributed by atoms with Crippen LogP contribution in [0.3, 0.4) is 0 Å². The number of carbonyl (C=O) groups is 2. The highest BCUT2D eigenvalue weighted by molar-refractivity contribution is 7.20. The number of thiophene rings is 1. The van der Waals surface area contributed by atoms with E-state index in [1.807, 2.05) is 0 Å². The molecule has 3 aromatic rings. The lowest BCUT2D eigenvalue weighted by atomic mass is 10.2. The molecule has 7 nitrogen and oxygen atoms in total. The molecule has 1 saturated heterocycles. The van der Waals surface area contributed by atoms with Gasteiger partial charge in [-0.2, -0.15) is 13.2 Å². The molecule has 0 radical (unpaired) electrons. The number of anilines is 1. The largest absolute Gasteiger partial charge is 0.416 e. The second kappa shape index (κ2) is 8.38. The first-order valence-electron chi connectivity index (χ1n) is 9.90. The number of likely N-dealkylation sites (tertiary alicyclic amines) is 1. The molecule has 0 aliphatic carbocycles. The first-order chi connectivity index (χ1) is 15.1. The lowest BCUT2D eigenvalue weighted by Crippen LogP contribution is -2.28. The van der Waals surface area contributed by atoms with E-state index in [1.54, 1.807) is 11.8 Å². The topological polar surface area (TPSA) is 84.3 Å². The number of alkyl halides is 3. The SMILES string of the molecule is Cc1c(C(=O)N2CCCC2)sc2ncn(CC(=O)Nc3cccc(C(F)(F)F)c3)c(=O)c12. The molecule has 2 amide bonds. The minimum absolute atomic E-state index is 0.0304. The van der Waals surface area contributed by atoms with E-state index in [0.717, 1.165) is 40.9 Å². The van der Waals surface area contributed by atoms with Gasteiger partial charge in [0.1, 0.15) is 11.4 Å². The van der Waals surface area contributed by atoms with Crippen molar-refractivity contribution in [2.45, 2.75) is 32.5 Å². The van der Waals surface area contributed by atoms with Crippen LogP contribution in [0, 0.1) is 6.92 Å². The summed E-state index contributed by atoms with van der Waals surface area (Å²) in [5.41, 5.74) is -0.882. The maximum absolute atomic E-state index is 13.0. The second-order valence-corrected chi connectivity index (χ2v) is 8.54. The van der Waals surface area contributed by atoms with E-state index in [1.165, 1.54) is 18.5 Å². The quantitative estimate of drug-likeness (QED) is 0.639. The van der Waals surface area contributed by atoms with Crippen LogP contribution in [-0.2, 0) is 17.5 Å². The van der Waals surface area contributed by atoms with Crippen LogP contribution < -0.4 is 10.9 Å². The van der Waals surface area contributed by atoms with Crippen LogP contribution in [0.5, 0.6) is 0 Å². The summed E-state index contributed by atoms with van der Waals surface area (Å²) in [7, 11) is 0. The molecular weight excluding hydrogens is 445 g/mol. The number of hydrogen-bond donors (Lipinski definition) is 1. The average Bonchev–Trinajstić information content (AvgIpc) is 3.38. The van der Waals surface area contributed by atoms with E-state index >= 15 is 0 Å². The summed E-state index contributed by atoms with van der Waals surface area (Å²) < 4.78 is 39.6. The van der Waals surface area contributed by atoms with Crippen LogP contribution in [-0.4, -0.2) is 39.4 Å². The van der Waals surface area contributed by atoms with Crippen LogP contribution >= 0.6 is 11.3 Å². The Labute approximate surface area is 184 Å². The molecule has 1 fully saturated rings. The van der Waals surface area contributed by atoms with Crippen LogP contribution in [0.1, 0.15) is 33.6 Å². The molecule has 0 saturated carbocycles. The van der Waals surface area contributed by atoms with Gasteiger partial charge in [-0.05, 0) is 43.5 Å². The fourth-order valence-electron chi connectivity index (χ4n) is 3.67. The van der Waals surface area contributed by atoms with Gasteiger partial charge in [-0.3, -0.25) is 19.0 Å². The molecule has 3 heterocycles. The van der Waals surface area contributed by atoms with Gasteiger partial charge in [0.25, 0.3) is 11.5 Å². The number of rotatable bonds is 4. The number of amides is 2. The van der Waals surface area contributed by atoms with E-state index in [0.29, 0.717) is 28.4 Å². The van der Waals surface area contributed by atoms with Crippen molar-refractivity contribution in [3.63, 3.8) is 0 Å². The van der Waals surface area contributed by atoms with Crippen molar-refractivity contribution in [2.24, 2.45) is 0 Å². The van der Waals surface area contributed by atoms with Gasteiger partial charge in [-0.15, -0.1) is 11.3 Å². The molecule has 1 aromatic carbocycles. The fraction of sp³-hybridized carbons (Fsp3) is 0.333. The highest BCUT2D eigenvalue weighted by Gasteiger charge is 2.30. The zero-order valence-corrected chi connectivity index (χ0v) is 17.8. The highest BCUT2D eigenvalue weighted by Crippen LogP contribution is 2.31. The number of hydrogen-bond acceptors (Lipinski definition) is 5. The Morgan fingerprint density at radius 3 is 2.62 bits per heavy atom. The lowest BCUT2D eigenvalue weighted by molar-refractivity contribution is -0.137. The summed E-state index contributed by atoms with van der Waals surface area (Å²) in [6.07, 6.45) is -1.44. The summed E-state index contributed by atoms with van der Waals surface area (Å²) in [5, 5.41) is 2.64. The molecule has 0 atom stereocenters. The van der Waals surface area contributed by atoms with Gasteiger partial charge in [0.05, 0.1) is 22.2 Å². The highest BCUT2D eigenvalue weighted by atomic mass is 32.1. The third-order valence-corrected chi connectivity index (χ3v) is 6.48. The molecule has 1 N–H and O–H groups in total. The van der Waals surface area contributed by atoms with Gasteiger partial charge in [0.2, 0.25) is 5.91 Å². The minimum atomic E-state index is -4.53. The number of halogens is 3. The van der Waals surface area contributed by atoms with Gasteiger partial charge in [-0.1, -0.05) is 6.07 Å². The first kappa shape index (κ1) is 22.0. The summed E-state index contributed by atoms with van der Waals surface area (Å²) in [4.78, 5) is 44.9. The van der Waals surface area contributed by atoms with Crippen LogP contribution in [0.25, 0.3) is 10.2 Å². The van der Waals surface area contributed by atoms with Crippen LogP contribution in [0.2, 0.25) is 0 Å². The van der Waals surface area contributed by atoms with Crippen LogP contribution in [0.4, 0.5) is 18.9 Å². The predicted molar refractivity (Wildman–Crippen MR) is 114 cm³/mol. The Balaban J connectivity index is 1.57. The number of nitrogens with one attached hydrogen (secondary N) is 1. The third-order valence-electron chi connectivity index (χ3n) is 5.29. The Kier molecular flexibility index (Phi) is 5.76. The van der Waals surface area contributed by atoms with E-state index < -0.39 is 29.8 Å². The van der Waals surface area contributed by atoms with Crippen LogP contribution in [0.15, 0.2) is 35.4 Å². The molecule has 1 aliphatic heterocycles. The zero-order chi connectivity index (χ0) is 23.0. The first-order valence-corrected chi connectivity index (χ1v) is 10.7. The van der Waals surface area contributed by atoms with Crippen molar-refractivity contribution < 1.29 is 22.8 Å². The van der Waals surface area contributed by atoms with Gasteiger partial charge in [0.15, 0.2) is 0 Å². The molecule has 11 heteroatoms. The number of carbonyl (C=O) groups excluding carboxylic acids is 2. The molecule has 4 rings (SSSR count). The molecule has 0 spiro atoms. The summed E-state index contributed by atoms with van der Waals surface area (Å²) in [6.45, 7) is 2.61. The smallest absolute Gasteiger partial charge is 0.338 e. The van der Waals surface area contributed by atoms with Crippen molar-refractivity contribution in [2.75, 3.05) is 18.4 Å². The summed E-state index contributed by atoms with van der Waals surface area (Å²) >= 11 is 1.14. The van der Waals surface area contributed by atoms with Crippen molar-refractivity contribution in [3.05, 3.63) is 57.0 Å².